The van der Waals surface area contributed by atoms with Gasteiger partial charge >= 0.3 is 0 Å². The number of aromatic nitrogens is 2. The fourth-order valence-electron chi connectivity index (χ4n) is 2.72. The Bertz CT molecular complexity index is 1130. The molecule has 0 bridgehead atoms. The van der Waals surface area contributed by atoms with Gasteiger partial charge in [0, 0.05) is 12.1 Å². The smallest absolute Gasteiger partial charge is 0.265 e. The van der Waals surface area contributed by atoms with Crippen LogP contribution in [0.2, 0.25) is 10.0 Å². The predicted octanol–water partition coefficient (Wildman–Crippen LogP) is 5.86. The largest absolute Gasteiger partial charge is 0.326 e. The molecule has 26 heavy (non-hydrogen) atoms. The Balaban J connectivity index is 1.64. The second-order valence-corrected chi connectivity index (χ2v) is 7.65. The van der Waals surface area contributed by atoms with E-state index in [2.05, 4.69) is 10.3 Å². The Morgan fingerprint density at radius 2 is 1.92 bits per heavy atom. The standard InChI is InChI=1S/C19H13Cl2N3OS/c1-24-15-5-3-2-4-13(15)22-18(24)16-8-9-17(26-16)19(25)23-14-10-11(20)6-7-12(14)21/h2-10H,1H3,(H,23,25). The first-order valence-corrected chi connectivity index (χ1v) is 9.38. The van der Waals surface area contributed by atoms with Crippen molar-refractivity contribution in [3.8, 4) is 10.7 Å². The number of carbonyl (C=O) groups is 1. The van der Waals surface area contributed by atoms with Gasteiger partial charge in [-0.2, -0.15) is 0 Å². The Morgan fingerprint density at radius 3 is 2.73 bits per heavy atom. The summed E-state index contributed by atoms with van der Waals surface area (Å²) in [7, 11) is 1.97. The molecule has 2 aromatic heterocycles. The zero-order valence-corrected chi connectivity index (χ0v) is 16.0. The summed E-state index contributed by atoms with van der Waals surface area (Å²) >= 11 is 13.5. The SMILES string of the molecule is Cn1c(-c2ccc(C(=O)Nc3cc(Cl)ccc3Cl)s2)nc2ccccc21. The van der Waals surface area contributed by atoms with E-state index in [1.165, 1.54) is 11.3 Å². The maximum atomic E-state index is 12.5. The highest BCUT2D eigenvalue weighted by atomic mass is 35.5. The third-order valence-corrected chi connectivity index (χ3v) is 5.66. The van der Waals surface area contributed by atoms with Crippen LogP contribution in [0.5, 0.6) is 0 Å². The van der Waals surface area contributed by atoms with E-state index in [1.807, 2.05) is 41.9 Å². The van der Waals surface area contributed by atoms with E-state index in [1.54, 1.807) is 24.3 Å². The van der Waals surface area contributed by atoms with Gasteiger partial charge in [0.15, 0.2) is 5.82 Å². The number of hydrogen-bond donors (Lipinski definition) is 1. The van der Waals surface area contributed by atoms with Crippen molar-refractivity contribution in [2.24, 2.45) is 7.05 Å². The van der Waals surface area contributed by atoms with E-state index in [9.17, 15) is 4.79 Å². The second kappa shape index (κ2) is 6.76. The Morgan fingerprint density at radius 1 is 1.12 bits per heavy atom. The normalized spacial score (nSPS) is 11.0. The Kier molecular flexibility index (Phi) is 4.44. The van der Waals surface area contributed by atoms with Gasteiger partial charge in [0.05, 0.1) is 31.5 Å². The van der Waals surface area contributed by atoms with Crippen molar-refractivity contribution in [2.75, 3.05) is 5.32 Å². The molecular weight excluding hydrogens is 389 g/mol. The van der Waals surface area contributed by atoms with Gasteiger partial charge in [-0.25, -0.2) is 4.98 Å². The number of nitrogens with zero attached hydrogens (tertiary/aromatic N) is 2. The lowest BCUT2D eigenvalue weighted by Gasteiger charge is -2.06. The third kappa shape index (κ3) is 3.09. The van der Waals surface area contributed by atoms with Crippen LogP contribution >= 0.6 is 34.5 Å². The average Bonchev–Trinajstić information content (AvgIpc) is 3.24. The first-order chi connectivity index (χ1) is 12.5. The van der Waals surface area contributed by atoms with Crippen LogP contribution in [0.3, 0.4) is 0 Å². The molecule has 0 aliphatic heterocycles. The van der Waals surface area contributed by atoms with Gasteiger partial charge in [0.25, 0.3) is 5.91 Å². The molecule has 1 amide bonds. The monoisotopic (exact) mass is 401 g/mol. The van der Waals surface area contributed by atoms with Crippen LogP contribution < -0.4 is 5.32 Å². The lowest BCUT2D eigenvalue weighted by molar-refractivity contribution is 0.103. The number of fused-ring (bicyclic) bond motifs is 1. The predicted molar refractivity (Wildman–Crippen MR) is 108 cm³/mol. The molecule has 0 aliphatic rings. The number of para-hydroxylation sites is 2. The molecule has 2 aromatic carbocycles. The minimum atomic E-state index is -0.232. The molecule has 0 fully saturated rings. The molecule has 0 aliphatic carbocycles. The van der Waals surface area contributed by atoms with Crippen LogP contribution in [0.15, 0.2) is 54.6 Å². The van der Waals surface area contributed by atoms with Gasteiger partial charge in [-0.05, 0) is 42.5 Å². The third-order valence-electron chi connectivity index (χ3n) is 4.01. The minimum Gasteiger partial charge on any atom is -0.326 e. The lowest BCUT2D eigenvalue weighted by Crippen LogP contribution is -2.10. The topological polar surface area (TPSA) is 46.9 Å². The number of aryl methyl sites for hydroxylation is 1. The lowest BCUT2D eigenvalue weighted by atomic mass is 10.3. The summed E-state index contributed by atoms with van der Waals surface area (Å²) in [6.07, 6.45) is 0. The zero-order chi connectivity index (χ0) is 18.3. The highest BCUT2D eigenvalue weighted by Gasteiger charge is 2.16. The highest BCUT2D eigenvalue weighted by Crippen LogP contribution is 2.31. The van der Waals surface area contributed by atoms with Crippen molar-refractivity contribution in [3.63, 3.8) is 0 Å². The molecule has 2 heterocycles. The van der Waals surface area contributed by atoms with Crippen molar-refractivity contribution in [3.05, 3.63) is 69.5 Å². The molecular formula is C19H13Cl2N3OS. The summed E-state index contributed by atoms with van der Waals surface area (Å²) < 4.78 is 2.02. The van der Waals surface area contributed by atoms with Crippen LogP contribution in [0, 0.1) is 0 Å². The number of imidazole rings is 1. The first-order valence-electron chi connectivity index (χ1n) is 7.81. The van der Waals surface area contributed by atoms with Gasteiger partial charge in [0.1, 0.15) is 0 Å². The van der Waals surface area contributed by atoms with Crippen LogP contribution in [-0.2, 0) is 7.05 Å². The minimum absolute atomic E-state index is 0.232. The fraction of sp³-hybridized carbons (Fsp3) is 0.0526. The molecule has 7 heteroatoms. The quantitative estimate of drug-likeness (QED) is 0.467. The van der Waals surface area contributed by atoms with Crippen LogP contribution in [0.1, 0.15) is 9.67 Å². The van der Waals surface area contributed by atoms with Crippen LogP contribution in [-0.4, -0.2) is 15.5 Å². The molecule has 4 aromatic rings. The van der Waals surface area contributed by atoms with Gasteiger partial charge < -0.3 is 9.88 Å². The van der Waals surface area contributed by atoms with E-state index in [-0.39, 0.29) is 5.91 Å². The molecule has 0 saturated heterocycles. The van der Waals surface area contributed by atoms with Crippen molar-refractivity contribution < 1.29 is 4.79 Å². The Labute approximate surface area is 164 Å². The van der Waals surface area contributed by atoms with Crippen LogP contribution in [0.4, 0.5) is 5.69 Å². The van der Waals surface area contributed by atoms with E-state index >= 15 is 0 Å². The van der Waals surface area contributed by atoms with Crippen molar-refractivity contribution in [1.82, 2.24) is 9.55 Å². The number of carbonyl (C=O) groups excluding carboxylic acids is 1. The van der Waals surface area contributed by atoms with E-state index in [0.29, 0.717) is 20.6 Å². The maximum Gasteiger partial charge on any atom is 0.265 e. The summed E-state index contributed by atoms with van der Waals surface area (Å²) in [5.74, 6) is 0.597. The molecule has 0 saturated carbocycles. The van der Waals surface area contributed by atoms with Gasteiger partial charge in [-0.15, -0.1) is 11.3 Å². The first kappa shape index (κ1) is 17.1. The van der Waals surface area contributed by atoms with Crippen molar-refractivity contribution >= 4 is 57.2 Å². The summed E-state index contributed by atoms with van der Waals surface area (Å²) in [5.41, 5.74) is 2.46. The molecule has 4 rings (SSSR count). The number of rotatable bonds is 3. The number of hydrogen-bond acceptors (Lipinski definition) is 3. The number of benzene rings is 2. The van der Waals surface area contributed by atoms with E-state index in [0.717, 1.165) is 21.7 Å². The molecule has 4 nitrogen and oxygen atoms in total. The van der Waals surface area contributed by atoms with Gasteiger partial charge in [0.2, 0.25) is 0 Å². The van der Waals surface area contributed by atoms with Crippen molar-refractivity contribution in [1.29, 1.82) is 0 Å². The number of amides is 1. The Hall–Kier alpha value is -2.34. The molecule has 0 spiro atoms. The summed E-state index contributed by atoms with van der Waals surface area (Å²) in [6.45, 7) is 0. The molecule has 0 radical (unpaired) electrons. The fourth-order valence-corrected chi connectivity index (χ4v) is 3.99. The summed E-state index contributed by atoms with van der Waals surface area (Å²) in [4.78, 5) is 18.7. The number of halogens is 2. The molecule has 130 valence electrons. The van der Waals surface area contributed by atoms with Crippen molar-refractivity contribution in [2.45, 2.75) is 0 Å². The van der Waals surface area contributed by atoms with Gasteiger partial charge in [-0.1, -0.05) is 35.3 Å². The van der Waals surface area contributed by atoms with Crippen LogP contribution in [0.25, 0.3) is 21.7 Å². The highest BCUT2D eigenvalue weighted by molar-refractivity contribution is 7.17. The van der Waals surface area contributed by atoms with E-state index in [4.69, 9.17) is 23.2 Å². The van der Waals surface area contributed by atoms with Gasteiger partial charge in [-0.3, -0.25) is 4.79 Å². The summed E-state index contributed by atoms with van der Waals surface area (Å²) in [5, 5.41) is 3.75. The molecule has 0 atom stereocenters. The number of thiophene rings is 1. The number of anilines is 1. The maximum absolute atomic E-state index is 12.5. The molecule has 0 unspecified atom stereocenters. The zero-order valence-electron chi connectivity index (χ0n) is 13.7. The summed E-state index contributed by atoms with van der Waals surface area (Å²) in [6, 6.07) is 16.6. The average molecular weight is 402 g/mol. The molecule has 1 N–H and O–H groups in total. The number of nitrogens with one attached hydrogen (secondary N) is 1. The second-order valence-electron chi connectivity index (χ2n) is 5.73. The van der Waals surface area contributed by atoms with E-state index < -0.39 is 0 Å².